The highest BCUT2D eigenvalue weighted by atomic mass is 16.6. The highest BCUT2D eigenvalue weighted by Crippen LogP contribution is 2.09. The van der Waals surface area contributed by atoms with Gasteiger partial charge in [0.2, 0.25) is 0 Å². The minimum Gasteiger partial charge on any atom is -0.410 e. The number of rotatable bonds is 6. The standard InChI is InChI=1S/C20H24N2O3/c1-14(2)18(22-20(24)25-17-7-5-4-6-8-17)13-21-19(23)16-11-9-15(3)10-12-16/h4-12,14,18H,13H2,1-3H3,(H,21,23)(H,22,24)/t18-/m1/s1. The molecule has 0 radical (unpaired) electrons. The third-order valence-corrected chi connectivity index (χ3v) is 3.86. The van der Waals surface area contributed by atoms with Gasteiger partial charge < -0.3 is 15.4 Å². The number of aryl methyl sites for hydroxylation is 1. The Morgan fingerprint density at radius 1 is 1.00 bits per heavy atom. The Morgan fingerprint density at radius 3 is 2.24 bits per heavy atom. The normalized spacial score (nSPS) is 11.7. The zero-order valence-corrected chi connectivity index (χ0v) is 14.8. The molecule has 0 saturated carbocycles. The maximum Gasteiger partial charge on any atom is 0.412 e. The number of amides is 2. The van der Waals surface area contributed by atoms with Crippen molar-refractivity contribution in [3.8, 4) is 5.75 Å². The van der Waals surface area contributed by atoms with Gasteiger partial charge in [-0.25, -0.2) is 4.79 Å². The van der Waals surface area contributed by atoms with E-state index in [4.69, 9.17) is 4.74 Å². The van der Waals surface area contributed by atoms with Crippen LogP contribution in [0.1, 0.15) is 29.8 Å². The summed E-state index contributed by atoms with van der Waals surface area (Å²) in [6.07, 6.45) is -0.533. The third-order valence-electron chi connectivity index (χ3n) is 3.86. The number of carbonyl (C=O) groups is 2. The van der Waals surface area contributed by atoms with Gasteiger partial charge in [0.15, 0.2) is 0 Å². The SMILES string of the molecule is Cc1ccc(C(=O)NC[C@@H](NC(=O)Oc2ccccc2)C(C)C)cc1. The van der Waals surface area contributed by atoms with Gasteiger partial charge in [0.1, 0.15) is 5.75 Å². The van der Waals surface area contributed by atoms with Crippen LogP contribution in [0.3, 0.4) is 0 Å². The van der Waals surface area contributed by atoms with Gasteiger partial charge >= 0.3 is 6.09 Å². The summed E-state index contributed by atoms with van der Waals surface area (Å²) in [5.41, 5.74) is 1.70. The van der Waals surface area contributed by atoms with E-state index in [1.165, 1.54) is 0 Å². The monoisotopic (exact) mass is 340 g/mol. The van der Waals surface area contributed by atoms with Crippen LogP contribution in [0, 0.1) is 12.8 Å². The topological polar surface area (TPSA) is 67.4 Å². The number of hydrogen-bond acceptors (Lipinski definition) is 3. The van der Waals surface area contributed by atoms with E-state index in [0.29, 0.717) is 17.9 Å². The molecule has 132 valence electrons. The van der Waals surface area contributed by atoms with Crippen molar-refractivity contribution in [1.82, 2.24) is 10.6 Å². The van der Waals surface area contributed by atoms with Crippen LogP contribution in [0.5, 0.6) is 5.75 Å². The molecule has 0 aromatic heterocycles. The summed E-state index contributed by atoms with van der Waals surface area (Å²) in [7, 11) is 0. The second-order valence-electron chi connectivity index (χ2n) is 6.27. The van der Waals surface area contributed by atoms with Crippen molar-refractivity contribution >= 4 is 12.0 Å². The molecule has 0 fully saturated rings. The summed E-state index contributed by atoms with van der Waals surface area (Å²) >= 11 is 0. The summed E-state index contributed by atoms with van der Waals surface area (Å²) in [5, 5.41) is 5.66. The summed E-state index contributed by atoms with van der Waals surface area (Å²) in [5.74, 6) is 0.455. The van der Waals surface area contributed by atoms with E-state index in [-0.39, 0.29) is 17.9 Å². The first kappa shape index (κ1) is 18.5. The van der Waals surface area contributed by atoms with Crippen LogP contribution < -0.4 is 15.4 Å². The first-order chi connectivity index (χ1) is 12.0. The minimum absolute atomic E-state index is 0.140. The van der Waals surface area contributed by atoms with Gasteiger partial charge in [-0.05, 0) is 37.1 Å². The van der Waals surface area contributed by atoms with Crippen molar-refractivity contribution in [2.45, 2.75) is 26.8 Å². The number of carbonyl (C=O) groups excluding carboxylic acids is 2. The molecule has 1 atom stereocenters. The number of hydrogen-bond donors (Lipinski definition) is 2. The lowest BCUT2D eigenvalue weighted by Gasteiger charge is -2.22. The molecule has 5 heteroatoms. The van der Waals surface area contributed by atoms with Gasteiger partial charge in [-0.3, -0.25) is 4.79 Å². The van der Waals surface area contributed by atoms with Crippen molar-refractivity contribution in [3.05, 3.63) is 65.7 Å². The maximum atomic E-state index is 12.2. The van der Waals surface area contributed by atoms with Crippen LogP contribution in [-0.4, -0.2) is 24.6 Å². The Kier molecular flexibility index (Phi) is 6.57. The molecule has 0 bridgehead atoms. The smallest absolute Gasteiger partial charge is 0.410 e. The molecular formula is C20H24N2O3. The van der Waals surface area contributed by atoms with Gasteiger partial charge in [-0.15, -0.1) is 0 Å². The lowest BCUT2D eigenvalue weighted by molar-refractivity contribution is 0.0945. The van der Waals surface area contributed by atoms with E-state index in [0.717, 1.165) is 5.56 Å². The van der Waals surface area contributed by atoms with Gasteiger partial charge in [-0.2, -0.15) is 0 Å². The molecule has 2 N–H and O–H groups in total. The first-order valence-electron chi connectivity index (χ1n) is 8.34. The molecule has 2 aromatic rings. The molecule has 0 unspecified atom stereocenters. The van der Waals surface area contributed by atoms with Crippen molar-refractivity contribution in [1.29, 1.82) is 0 Å². The fourth-order valence-corrected chi connectivity index (χ4v) is 2.24. The molecule has 0 aliphatic rings. The molecule has 2 rings (SSSR count). The minimum atomic E-state index is -0.533. The summed E-state index contributed by atoms with van der Waals surface area (Å²) in [4.78, 5) is 24.2. The van der Waals surface area contributed by atoms with E-state index in [1.54, 1.807) is 36.4 Å². The van der Waals surface area contributed by atoms with E-state index in [1.807, 2.05) is 39.0 Å². The molecule has 0 aliphatic carbocycles. The van der Waals surface area contributed by atoms with Crippen LogP contribution in [0.15, 0.2) is 54.6 Å². The third kappa shape index (κ3) is 5.95. The summed E-state index contributed by atoms with van der Waals surface area (Å²) < 4.78 is 5.24. The second-order valence-corrected chi connectivity index (χ2v) is 6.27. The van der Waals surface area contributed by atoms with Gasteiger partial charge in [0, 0.05) is 12.1 Å². The molecule has 0 saturated heterocycles. The van der Waals surface area contributed by atoms with Crippen LogP contribution in [0.25, 0.3) is 0 Å². The van der Waals surface area contributed by atoms with E-state index >= 15 is 0 Å². The molecule has 0 aliphatic heterocycles. The fourth-order valence-electron chi connectivity index (χ4n) is 2.24. The Labute approximate surface area is 148 Å². The van der Waals surface area contributed by atoms with E-state index < -0.39 is 6.09 Å². The second kappa shape index (κ2) is 8.87. The van der Waals surface area contributed by atoms with Gasteiger partial charge in [0.05, 0.1) is 6.04 Å². The lowest BCUT2D eigenvalue weighted by atomic mass is 10.0. The predicted molar refractivity (Wildman–Crippen MR) is 97.7 cm³/mol. The van der Waals surface area contributed by atoms with Crippen molar-refractivity contribution < 1.29 is 14.3 Å². The Hall–Kier alpha value is -2.82. The first-order valence-corrected chi connectivity index (χ1v) is 8.34. The van der Waals surface area contributed by atoms with Crippen LogP contribution in [0.4, 0.5) is 4.79 Å². The van der Waals surface area contributed by atoms with Crippen molar-refractivity contribution in [2.75, 3.05) is 6.54 Å². The Balaban J connectivity index is 1.88. The van der Waals surface area contributed by atoms with Crippen molar-refractivity contribution in [3.63, 3.8) is 0 Å². The zero-order valence-electron chi connectivity index (χ0n) is 14.8. The van der Waals surface area contributed by atoms with E-state index in [2.05, 4.69) is 10.6 Å². The van der Waals surface area contributed by atoms with E-state index in [9.17, 15) is 9.59 Å². The summed E-state index contributed by atoms with van der Waals surface area (Å²) in [6.45, 7) is 6.25. The number of ether oxygens (including phenoxy) is 1. The van der Waals surface area contributed by atoms with Gasteiger partial charge in [0.25, 0.3) is 5.91 Å². The molecule has 25 heavy (non-hydrogen) atoms. The molecule has 2 aromatic carbocycles. The van der Waals surface area contributed by atoms with Crippen LogP contribution in [0.2, 0.25) is 0 Å². The van der Waals surface area contributed by atoms with Crippen LogP contribution >= 0.6 is 0 Å². The lowest BCUT2D eigenvalue weighted by Crippen LogP contribution is -2.47. The molecule has 0 spiro atoms. The largest absolute Gasteiger partial charge is 0.412 e. The Bertz CT molecular complexity index is 697. The van der Waals surface area contributed by atoms with Gasteiger partial charge in [-0.1, -0.05) is 49.7 Å². The highest BCUT2D eigenvalue weighted by Gasteiger charge is 2.18. The summed E-state index contributed by atoms with van der Waals surface area (Å²) in [6, 6.07) is 16.0. The Morgan fingerprint density at radius 2 is 1.64 bits per heavy atom. The average molecular weight is 340 g/mol. The highest BCUT2D eigenvalue weighted by molar-refractivity contribution is 5.94. The number of benzene rings is 2. The molecular weight excluding hydrogens is 316 g/mol. The molecule has 5 nitrogen and oxygen atoms in total. The predicted octanol–water partition coefficient (Wildman–Crippen LogP) is 3.54. The maximum absolute atomic E-state index is 12.2. The molecule has 2 amide bonds. The average Bonchev–Trinajstić information content (AvgIpc) is 2.59. The number of nitrogens with one attached hydrogen (secondary N) is 2. The fraction of sp³-hybridized carbons (Fsp3) is 0.300. The van der Waals surface area contributed by atoms with Crippen molar-refractivity contribution in [2.24, 2.45) is 5.92 Å². The quantitative estimate of drug-likeness (QED) is 0.845. The number of para-hydroxylation sites is 1. The zero-order chi connectivity index (χ0) is 18.2. The molecule has 0 heterocycles. The van der Waals surface area contributed by atoms with Crippen LogP contribution in [-0.2, 0) is 0 Å².